The highest BCUT2D eigenvalue weighted by atomic mass is 32.1. The number of benzene rings is 2. The maximum atomic E-state index is 13.0. The fourth-order valence-electron chi connectivity index (χ4n) is 3.18. The highest BCUT2D eigenvalue weighted by molar-refractivity contribution is 7.16. The molecule has 0 atom stereocenters. The van der Waals surface area contributed by atoms with Gasteiger partial charge in [0.1, 0.15) is 0 Å². The van der Waals surface area contributed by atoms with Crippen LogP contribution in [0.5, 0.6) is 0 Å². The molecule has 0 fully saturated rings. The van der Waals surface area contributed by atoms with Crippen molar-refractivity contribution in [2.45, 2.75) is 25.7 Å². The summed E-state index contributed by atoms with van der Waals surface area (Å²) in [5.74, 6) is -0.119. The van der Waals surface area contributed by atoms with Crippen LogP contribution in [0.15, 0.2) is 60.7 Å². The molecule has 1 aliphatic rings. The molecule has 1 amide bonds. The first kappa shape index (κ1) is 16.7. The number of hydrogen-bond donors (Lipinski definition) is 1. The van der Waals surface area contributed by atoms with Gasteiger partial charge in [-0.05, 0) is 42.9 Å². The lowest BCUT2D eigenvalue weighted by molar-refractivity contribution is -0.111. The van der Waals surface area contributed by atoms with E-state index in [4.69, 9.17) is 0 Å². The van der Waals surface area contributed by atoms with Crippen molar-refractivity contribution in [2.24, 2.45) is 0 Å². The summed E-state index contributed by atoms with van der Waals surface area (Å²) < 4.78 is 0. The molecule has 26 heavy (non-hydrogen) atoms. The van der Waals surface area contributed by atoms with Gasteiger partial charge < -0.3 is 0 Å². The Morgan fingerprint density at radius 2 is 1.65 bits per heavy atom. The predicted molar refractivity (Wildman–Crippen MR) is 108 cm³/mol. The van der Waals surface area contributed by atoms with Crippen molar-refractivity contribution in [2.75, 3.05) is 5.32 Å². The number of nitrogens with zero attached hydrogens (tertiary/aromatic N) is 1. The summed E-state index contributed by atoms with van der Waals surface area (Å²) in [6.07, 6.45) is 6.43. The van der Waals surface area contributed by atoms with Gasteiger partial charge in [0.25, 0.3) is 5.91 Å². The Hall–Kier alpha value is -2.72. The number of aromatic nitrogens is 1. The minimum absolute atomic E-state index is 0.119. The SMILES string of the molecule is O=C(Nc1nc2c(s1)CCCC2)C(=Cc1ccccc1)c1ccccc1. The monoisotopic (exact) mass is 360 g/mol. The van der Waals surface area contributed by atoms with Crippen molar-refractivity contribution < 1.29 is 4.79 Å². The molecular weight excluding hydrogens is 340 g/mol. The van der Waals surface area contributed by atoms with Crippen LogP contribution in [0.25, 0.3) is 11.6 Å². The number of hydrogen-bond acceptors (Lipinski definition) is 3. The van der Waals surface area contributed by atoms with Gasteiger partial charge in [-0.25, -0.2) is 4.98 Å². The lowest BCUT2D eigenvalue weighted by Gasteiger charge is -2.08. The lowest BCUT2D eigenvalue weighted by Crippen LogP contribution is -2.13. The molecule has 0 aliphatic heterocycles. The third-order valence-electron chi connectivity index (χ3n) is 4.51. The van der Waals surface area contributed by atoms with Crippen molar-refractivity contribution in [3.63, 3.8) is 0 Å². The molecule has 1 aromatic heterocycles. The van der Waals surface area contributed by atoms with Crippen LogP contribution in [-0.4, -0.2) is 10.9 Å². The van der Waals surface area contributed by atoms with Gasteiger partial charge in [-0.3, -0.25) is 10.1 Å². The maximum Gasteiger partial charge on any atom is 0.258 e. The van der Waals surface area contributed by atoms with Crippen LogP contribution in [0.1, 0.15) is 34.5 Å². The first-order valence-corrected chi connectivity index (χ1v) is 9.73. The van der Waals surface area contributed by atoms with E-state index in [1.54, 1.807) is 11.3 Å². The number of carbonyl (C=O) groups excluding carboxylic acids is 1. The van der Waals surface area contributed by atoms with Crippen LogP contribution in [0, 0.1) is 0 Å². The Morgan fingerprint density at radius 1 is 0.962 bits per heavy atom. The highest BCUT2D eigenvalue weighted by Crippen LogP contribution is 2.30. The number of nitrogens with one attached hydrogen (secondary N) is 1. The van der Waals surface area contributed by atoms with Crippen molar-refractivity contribution in [1.82, 2.24) is 4.98 Å². The minimum Gasteiger partial charge on any atom is -0.298 e. The third-order valence-corrected chi connectivity index (χ3v) is 5.58. The number of anilines is 1. The van der Waals surface area contributed by atoms with Crippen molar-refractivity contribution in [1.29, 1.82) is 0 Å². The topological polar surface area (TPSA) is 42.0 Å². The van der Waals surface area contributed by atoms with Gasteiger partial charge in [0, 0.05) is 10.5 Å². The molecule has 0 bridgehead atoms. The maximum absolute atomic E-state index is 13.0. The molecule has 0 radical (unpaired) electrons. The zero-order chi connectivity index (χ0) is 17.8. The second-order valence-corrected chi connectivity index (χ2v) is 7.47. The fraction of sp³-hybridized carbons (Fsp3) is 0.182. The molecule has 4 rings (SSSR count). The smallest absolute Gasteiger partial charge is 0.258 e. The third kappa shape index (κ3) is 3.75. The molecule has 0 spiro atoms. The van der Waals surface area contributed by atoms with Crippen LogP contribution in [0.4, 0.5) is 5.13 Å². The summed E-state index contributed by atoms with van der Waals surface area (Å²) in [6.45, 7) is 0. The molecule has 1 heterocycles. The molecule has 3 nitrogen and oxygen atoms in total. The molecule has 0 saturated carbocycles. The number of aryl methyl sites for hydroxylation is 2. The van der Waals surface area contributed by atoms with Crippen molar-refractivity contribution >= 4 is 34.0 Å². The second kappa shape index (κ2) is 7.67. The second-order valence-electron chi connectivity index (χ2n) is 6.38. The summed E-state index contributed by atoms with van der Waals surface area (Å²) in [7, 11) is 0. The van der Waals surface area contributed by atoms with Gasteiger partial charge >= 0.3 is 0 Å². The molecule has 0 saturated heterocycles. The molecule has 1 aliphatic carbocycles. The molecule has 2 aromatic carbocycles. The van der Waals surface area contributed by atoms with E-state index in [0.29, 0.717) is 10.7 Å². The van der Waals surface area contributed by atoms with Crippen LogP contribution < -0.4 is 5.32 Å². The summed E-state index contributed by atoms with van der Waals surface area (Å²) >= 11 is 1.61. The van der Waals surface area contributed by atoms with Crippen LogP contribution in [0.3, 0.4) is 0 Å². The zero-order valence-electron chi connectivity index (χ0n) is 14.4. The largest absolute Gasteiger partial charge is 0.298 e. The zero-order valence-corrected chi connectivity index (χ0v) is 15.3. The average molecular weight is 360 g/mol. The van der Waals surface area contributed by atoms with E-state index in [2.05, 4.69) is 10.3 Å². The number of amides is 1. The molecular formula is C22H20N2OS. The van der Waals surface area contributed by atoms with Gasteiger partial charge in [0.05, 0.1) is 5.69 Å². The van der Waals surface area contributed by atoms with E-state index in [1.807, 2.05) is 66.7 Å². The first-order chi connectivity index (χ1) is 12.8. The van der Waals surface area contributed by atoms with Gasteiger partial charge in [-0.15, -0.1) is 11.3 Å². The Balaban J connectivity index is 1.64. The van der Waals surface area contributed by atoms with Gasteiger partial charge in [-0.1, -0.05) is 60.7 Å². The molecule has 4 heteroatoms. The summed E-state index contributed by atoms with van der Waals surface area (Å²) in [5, 5.41) is 3.72. The number of rotatable bonds is 4. The summed E-state index contributed by atoms with van der Waals surface area (Å²) in [6, 6.07) is 19.7. The average Bonchev–Trinajstić information content (AvgIpc) is 3.09. The van der Waals surface area contributed by atoms with Crippen LogP contribution in [0.2, 0.25) is 0 Å². The molecule has 3 aromatic rings. The number of fused-ring (bicyclic) bond motifs is 1. The Kier molecular flexibility index (Phi) is 4.93. The van der Waals surface area contributed by atoms with E-state index in [0.717, 1.165) is 29.7 Å². The summed E-state index contributed by atoms with van der Waals surface area (Å²) in [5.41, 5.74) is 3.70. The Labute approximate surface area is 157 Å². The van der Waals surface area contributed by atoms with Crippen molar-refractivity contribution in [3.8, 4) is 0 Å². The molecule has 130 valence electrons. The quantitative estimate of drug-likeness (QED) is 0.513. The van der Waals surface area contributed by atoms with E-state index in [-0.39, 0.29) is 5.91 Å². The highest BCUT2D eigenvalue weighted by Gasteiger charge is 2.18. The summed E-state index contributed by atoms with van der Waals surface area (Å²) in [4.78, 5) is 19.0. The van der Waals surface area contributed by atoms with E-state index >= 15 is 0 Å². The van der Waals surface area contributed by atoms with E-state index in [1.165, 1.54) is 17.7 Å². The van der Waals surface area contributed by atoms with Crippen LogP contribution in [-0.2, 0) is 17.6 Å². The number of thiazole rings is 1. The molecule has 0 unspecified atom stereocenters. The van der Waals surface area contributed by atoms with Crippen LogP contribution >= 0.6 is 11.3 Å². The van der Waals surface area contributed by atoms with Gasteiger partial charge in [-0.2, -0.15) is 0 Å². The fourth-order valence-corrected chi connectivity index (χ4v) is 4.23. The standard InChI is InChI=1S/C22H20N2OS/c25-21(24-22-23-19-13-7-8-14-20(19)26-22)18(17-11-5-2-6-12-17)15-16-9-3-1-4-10-16/h1-6,9-12,15H,7-8,13-14H2,(H,23,24,25). The van der Waals surface area contributed by atoms with Gasteiger partial charge in [0.2, 0.25) is 0 Å². The van der Waals surface area contributed by atoms with Crippen molar-refractivity contribution in [3.05, 3.63) is 82.4 Å². The van der Waals surface area contributed by atoms with E-state index < -0.39 is 0 Å². The Bertz CT molecular complexity index is 906. The number of carbonyl (C=O) groups is 1. The van der Waals surface area contributed by atoms with E-state index in [9.17, 15) is 4.79 Å². The lowest BCUT2D eigenvalue weighted by atomic mass is 10.0. The van der Waals surface area contributed by atoms with Gasteiger partial charge in [0.15, 0.2) is 5.13 Å². The molecule has 1 N–H and O–H groups in total. The minimum atomic E-state index is -0.119. The Morgan fingerprint density at radius 3 is 2.38 bits per heavy atom. The normalized spacial score (nSPS) is 13.9. The first-order valence-electron chi connectivity index (χ1n) is 8.92. The predicted octanol–water partition coefficient (Wildman–Crippen LogP) is 5.20.